The summed E-state index contributed by atoms with van der Waals surface area (Å²) in [6.07, 6.45) is 2.13. The summed E-state index contributed by atoms with van der Waals surface area (Å²) >= 11 is 3.86. The first kappa shape index (κ1) is 23.3. The molecule has 2 saturated heterocycles. The van der Waals surface area contributed by atoms with Crippen molar-refractivity contribution >= 4 is 23.5 Å². The summed E-state index contributed by atoms with van der Waals surface area (Å²) < 4.78 is 12.3. The van der Waals surface area contributed by atoms with Gasteiger partial charge in [0, 0.05) is 34.5 Å². The van der Waals surface area contributed by atoms with Gasteiger partial charge in [-0.2, -0.15) is 11.8 Å². The number of thioether (sulfide) groups is 2. The first-order chi connectivity index (χ1) is 18.3. The van der Waals surface area contributed by atoms with Gasteiger partial charge in [0.15, 0.2) is 0 Å². The molecule has 0 aromatic heterocycles. The molecule has 0 radical (unpaired) electrons. The van der Waals surface area contributed by atoms with E-state index in [9.17, 15) is 0 Å². The molecule has 2 nitrogen and oxygen atoms in total. The van der Waals surface area contributed by atoms with Crippen molar-refractivity contribution in [2.45, 2.75) is 34.9 Å². The molecule has 37 heavy (non-hydrogen) atoms. The number of hydrogen-bond donors (Lipinski definition) is 0. The fourth-order valence-corrected chi connectivity index (χ4v) is 6.88. The third-order valence-electron chi connectivity index (χ3n) is 7.97. The van der Waals surface area contributed by atoms with Crippen LogP contribution in [0.25, 0.3) is 0 Å². The Morgan fingerprint density at radius 2 is 1.38 bits per heavy atom. The number of ether oxygens (including phenoxy) is 2. The number of rotatable bonds is 8. The van der Waals surface area contributed by atoms with Gasteiger partial charge in [-0.15, -0.1) is 11.8 Å². The Labute approximate surface area is 227 Å². The summed E-state index contributed by atoms with van der Waals surface area (Å²) in [5.41, 5.74) is 6.88. The molecule has 0 saturated carbocycles. The molecule has 2 aliphatic heterocycles. The van der Waals surface area contributed by atoms with Crippen LogP contribution in [-0.2, 0) is 5.41 Å². The lowest BCUT2D eigenvalue weighted by Gasteiger charge is -2.33. The summed E-state index contributed by atoms with van der Waals surface area (Å²) in [6, 6.07) is 37.8. The smallest absolute Gasteiger partial charge is 0.145 e. The maximum Gasteiger partial charge on any atom is 0.145 e. The summed E-state index contributed by atoms with van der Waals surface area (Å²) in [5, 5.41) is 0.665. The van der Waals surface area contributed by atoms with E-state index < -0.39 is 0 Å². The molecule has 2 heterocycles. The minimum atomic E-state index is -0.244. The zero-order chi connectivity index (χ0) is 24.7. The van der Waals surface area contributed by atoms with Crippen LogP contribution in [0.5, 0.6) is 11.5 Å². The highest BCUT2D eigenvalue weighted by molar-refractivity contribution is 8.06. The molecule has 1 aliphatic carbocycles. The third kappa shape index (κ3) is 4.45. The Morgan fingerprint density at radius 1 is 0.730 bits per heavy atom. The van der Waals surface area contributed by atoms with Gasteiger partial charge in [-0.3, -0.25) is 0 Å². The molecule has 4 aromatic rings. The Bertz CT molecular complexity index is 1360. The van der Waals surface area contributed by atoms with E-state index in [2.05, 4.69) is 103 Å². The molecule has 3 aliphatic rings. The SMILES string of the molecule is c1ccc(C2CC(c3ccc(OCC4CS4)cc3)(c3ccc(OC4CCS4)cc3)c3ccccc32)cc1. The maximum atomic E-state index is 6.18. The highest BCUT2D eigenvalue weighted by Gasteiger charge is 2.46. The molecule has 4 aromatic carbocycles. The van der Waals surface area contributed by atoms with Crippen molar-refractivity contribution in [3.8, 4) is 11.5 Å². The minimum Gasteiger partial charge on any atom is -0.492 e. The zero-order valence-electron chi connectivity index (χ0n) is 20.7. The molecular weight excluding hydrogens is 492 g/mol. The van der Waals surface area contributed by atoms with Crippen molar-refractivity contribution < 1.29 is 9.47 Å². The average Bonchev–Trinajstić information content (AvgIpc) is 3.70. The van der Waals surface area contributed by atoms with Gasteiger partial charge in [0.25, 0.3) is 0 Å². The second-order valence-corrected chi connectivity index (χ2v) is 12.8. The minimum absolute atomic E-state index is 0.244. The van der Waals surface area contributed by atoms with Gasteiger partial charge in [0.1, 0.15) is 23.5 Å². The molecule has 4 heteroatoms. The number of fused-ring (bicyclic) bond motifs is 1. The Morgan fingerprint density at radius 3 is 2.03 bits per heavy atom. The van der Waals surface area contributed by atoms with E-state index in [1.165, 1.54) is 39.3 Å². The van der Waals surface area contributed by atoms with Crippen molar-refractivity contribution in [3.05, 3.63) is 131 Å². The standard InChI is InChI=1S/C33H30O2S2/c1-2-6-23(7-3-1)30-20-33(31-9-5-4-8-29(30)31,24-10-14-26(15-11-24)34-21-28-22-37-28)25-12-16-27(17-13-25)35-32-18-19-36-32/h1-17,28,30,32H,18-22H2. The van der Waals surface area contributed by atoms with Crippen molar-refractivity contribution in [1.29, 1.82) is 0 Å². The Kier molecular flexibility index (Phi) is 6.18. The van der Waals surface area contributed by atoms with Gasteiger partial charge in [0.05, 0.1) is 0 Å². The lowest BCUT2D eigenvalue weighted by atomic mass is 9.69. The number of hydrogen-bond acceptors (Lipinski definition) is 4. The normalized spacial score (nSPS) is 25.7. The second kappa shape index (κ2) is 9.81. The first-order valence-electron chi connectivity index (χ1n) is 13.2. The molecule has 186 valence electrons. The largest absolute Gasteiger partial charge is 0.492 e. The lowest BCUT2D eigenvalue weighted by molar-refractivity contribution is 0.271. The molecule has 0 amide bonds. The van der Waals surface area contributed by atoms with E-state index >= 15 is 0 Å². The predicted molar refractivity (Wildman–Crippen MR) is 155 cm³/mol. The van der Waals surface area contributed by atoms with Crippen molar-refractivity contribution in [2.75, 3.05) is 18.1 Å². The van der Waals surface area contributed by atoms with E-state index in [4.69, 9.17) is 9.47 Å². The van der Waals surface area contributed by atoms with Crippen LogP contribution in [0.1, 0.15) is 46.6 Å². The molecule has 0 N–H and O–H groups in total. The van der Waals surface area contributed by atoms with Gasteiger partial charge in [-0.25, -0.2) is 0 Å². The summed E-state index contributed by atoms with van der Waals surface area (Å²) in [5.74, 6) is 4.67. The first-order valence-corrected chi connectivity index (χ1v) is 15.3. The van der Waals surface area contributed by atoms with E-state index in [-0.39, 0.29) is 5.41 Å². The maximum absolute atomic E-state index is 6.18. The predicted octanol–water partition coefficient (Wildman–Crippen LogP) is 7.89. The molecule has 0 spiro atoms. The van der Waals surface area contributed by atoms with E-state index in [1.807, 2.05) is 23.5 Å². The van der Waals surface area contributed by atoms with Crippen LogP contribution in [0.15, 0.2) is 103 Å². The fourth-order valence-electron chi connectivity index (χ4n) is 5.88. The average molecular weight is 523 g/mol. The fraction of sp³-hybridized carbons (Fsp3) is 0.273. The second-order valence-electron chi connectivity index (χ2n) is 10.2. The highest BCUT2D eigenvalue weighted by atomic mass is 32.2. The van der Waals surface area contributed by atoms with E-state index in [0.717, 1.165) is 30.9 Å². The topological polar surface area (TPSA) is 18.5 Å². The summed E-state index contributed by atoms with van der Waals surface area (Å²) in [4.78, 5) is 0. The van der Waals surface area contributed by atoms with Crippen molar-refractivity contribution in [2.24, 2.45) is 0 Å². The summed E-state index contributed by atoms with van der Waals surface area (Å²) in [7, 11) is 0. The molecule has 2 fully saturated rings. The van der Waals surface area contributed by atoms with Gasteiger partial charge < -0.3 is 9.47 Å². The van der Waals surface area contributed by atoms with E-state index in [1.54, 1.807) is 0 Å². The Balaban J connectivity index is 1.31. The van der Waals surface area contributed by atoms with Crippen molar-refractivity contribution in [1.82, 2.24) is 0 Å². The van der Waals surface area contributed by atoms with Crippen LogP contribution in [0.3, 0.4) is 0 Å². The quantitative estimate of drug-likeness (QED) is 0.219. The third-order valence-corrected chi connectivity index (χ3v) is 10.1. The van der Waals surface area contributed by atoms with Gasteiger partial charge >= 0.3 is 0 Å². The molecule has 0 bridgehead atoms. The van der Waals surface area contributed by atoms with Gasteiger partial charge in [0.2, 0.25) is 0 Å². The monoisotopic (exact) mass is 522 g/mol. The number of benzene rings is 4. The highest BCUT2D eigenvalue weighted by Crippen LogP contribution is 2.56. The van der Waals surface area contributed by atoms with Crippen LogP contribution >= 0.6 is 23.5 Å². The summed E-state index contributed by atoms with van der Waals surface area (Å²) in [6.45, 7) is 0.800. The van der Waals surface area contributed by atoms with Crippen LogP contribution < -0.4 is 9.47 Å². The molecule has 7 rings (SSSR count). The molecular formula is C33H30O2S2. The van der Waals surface area contributed by atoms with Crippen molar-refractivity contribution in [3.63, 3.8) is 0 Å². The van der Waals surface area contributed by atoms with Crippen LogP contribution in [0.4, 0.5) is 0 Å². The van der Waals surface area contributed by atoms with Gasteiger partial charge in [-0.05, 0) is 58.5 Å². The molecule has 4 atom stereocenters. The zero-order valence-corrected chi connectivity index (χ0v) is 22.3. The van der Waals surface area contributed by atoms with Crippen LogP contribution in [-0.4, -0.2) is 28.8 Å². The van der Waals surface area contributed by atoms with Gasteiger partial charge in [-0.1, -0.05) is 78.9 Å². The van der Waals surface area contributed by atoms with E-state index in [0.29, 0.717) is 16.6 Å². The Hall–Kier alpha value is -2.82. The lowest BCUT2D eigenvalue weighted by Crippen LogP contribution is -2.27. The molecule has 4 unspecified atom stereocenters. The van der Waals surface area contributed by atoms with Crippen LogP contribution in [0.2, 0.25) is 0 Å². The van der Waals surface area contributed by atoms with Crippen LogP contribution in [0, 0.1) is 0 Å².